The summed E-state index contributed by atoms with van der Waals surface area (Å²) in [7, 11) is 0. The molecule has 0 radical (unpaired) electrons. The van der Waals surface area contributed by atoms with E-state index in [1.807, 2.05) is 18.2 Å². The average Bonchev–Trinajstić information content (AvgIpc) is 2.46. The van der Waals surface area contributed by atoms with E-state index in [1.54, 1.807) is 18.3 Å². The van der Waals surface area contributed by atoms with E-state index in [4.69, 9.17) is 5.73 Å². The third-order valence-corrected chi connectivity index (χ3v) is 3.12. The first-order valence-corrected chi connectivity index (χ1v) is 6.88. The second-order valence-electron chi connectivity index (χ2n) is 5.37. The predicted molar refractivity (Wildman–Crippen MR) is 80.5 cm³/mol. The number of hydrogen-bond acceptors (Lipinski definition) is 3. The van der Waals surface area contributed by atoms with Crippen molar-refractivity contribution in [1.29, 1.82) is 0 Å². The van der Waals surface area contributed by atoms with E-state index in [9.17, 15) is 4.79 Å². The summed E-state index contributed by atoms with van der Waals surface area (Å²) in [5.74, 6) is 0.595. The molecule has 20 heavy (non-hydrogen) atoms. The summed E-state index contributed by atoms with van der Waals surface area (Å²) in [5, 5.41) is 0. The molecular formula is C17H20N2O. The molecule has 3 heteroatoms. The fourth-order valence-electron chi connectivity index (χ4n) is 2.21. The smallest absolute Gasteiger partial charge is 0.193 e. The van der Waals surface area contributed by atoms with Crippen LogP contribution >= 0.6 is 0 Å². The van der Waals surface area contributed by atoms with Gasteiger partial charge in [-0.25, -0.2) is 0 Å². The van der Waals surface area contributed by atoms with Crippen molar-refractivity contribution < 1.29 is 4.79 Å². The van der Waals surface area contributed by atoms with Crippen molar-refractivity contribution in [3.63, 3.8) is 0 Å². The van der Waals surface area contributed by atoms with Crippen molar-refractivity contribution >= 4 is 5.78 Å². The highest BCUT2D eigenvalue weighted by atomic mass is 16.1. The Morgan fingerprint density at radius 1 is 1.20 bits per heavy atom. The Morgan fingerprint density at radius 3 is 2.65 bits per heavy atom. The van der Waals surface area contributed by atoms with Gasteiger partial charge in [0.05, 0.1) is 5.69 Å². The first-order valence-electron chi connectivity index (χ1n) is 6.88. The van der Waals surface area contributed by atoms with E-state index >= 15 is 0 Å². The van der Waals surface area contributed by atoms with E-state index in [2.05, 4.69) is 24.9 Å². The Bertz CT molecular complexity index is 605. The lowest BCUT2D eigenvalue weighted by Crippen LogP contribution is -2.06. The molecule has 0 atom stereocenters. The number of nitrogens with zero attached hydrogens (tertiary/aromatic N) is 1. The Kier molecular flexibility index (Phi) is 4.64. The van der Waals surface area contributed by atoms with Gasteiger partial charge in [-0.15, -0.1) is 0 Å². The minimum atomic E-state index is 0.0210. The van der Waals surface area contributed by atoms with Crippen LogP contribution < -0.4 is 5.73 Å². The molecule has 0 bridgehead atoms. The lowest BCUT2D eigenvalue weighted by atomic mass is 9.97. The predicted octanol–water partition coefficient (Wildman–Crippen LogP) is 2.97. The lowest BCUT2D eigenvalue weighted by molar-refractivity contribution is 0.103. The number of ketones is 1. The van der Waals surface area contributed by atoms with Gasteiger partial charge in [0.25, 0.3) is 0 Å². The zero-order valence-corrected chi connectivity index (χ0v) is 12.0. The maximum absolute atomic E-state index is 12.5. The largest absolute Gasteiger partial charge is 0.325 e. The zero-order valence-electron chi connectivity index (χ0n) is 12.0. The number of hydrogen-bond donors (Lipinski definition) is 1. The van der Waals surface area contributed by atoms with Crippen LogP contribution in [0.4, 0.5) is 0 Å². The van der Waals surface area contributed by atoms with Crippen LogP contribution in [0.1, 0.15) is 41.0 Å². The summed E-state index contributed by atoms with van der Waals surface area (Å²) in [6.45, 7) is 4.68. The number of carbonyl (C=O) groups is 1. The van der Waals surface area contributed by atoms with E-state index in [-0.39, 0.29) is 5.78 Å². The minimum absolute atomic E-state index is 0.0210. The number of benzene rings is 1. The number of carbonyl (C=O) groups excluding carboxylic acids is 1. The SMILES string of the molecule is CC(C)Cc1cccc(C(=O)c2ccnc(CN)c2)c1. The van der Waals surface area contributed by atoms with Gasteiger partial charge in [0.2, 0.25) is 0 Å². The van der Waals surface area contributed by atoms with Crippen LogP contribution in [0.2, 0.25) is 0 Å². The summed E-state index contributed by atoms with van der Waals surface area (Å²) in [6.07, 6.45) is 2.61. The molecule has 0 saturated heterocycles. The molecule has 0 aliphatic rings. The molecule has 0 saturated carbocycles. The monoisotopic (exact) mass is 268 g/mol. The van der Waals surface area contributed by atoms with Gasteiger partial charge in [-0.2, -0.15) is 0 Å². The van der Waals surface area contributed by atoms with Crippen LogP contribution in [-0.4, -0.2) is 10.8 Å². The molecule has 0 spiro atoms. The molecule has 2 aromatic rings. The third kappa shape index (κ3) is 3.52. The van der Waals surface area contributed by atoms with Crippen molar-refractivity contribution in [3.05, 3.63) is 65.0 Å². The molecule has 104 valence electrons. The van der Waals surface area contributed by atoms with Crippen LogP contribution in [0.3, 0.4) is 0 Å². The topological polar surface area (TPSA) is 56.0 Å². The molecule has 0 fully saturated rings. The molecule has 1 aromatic carbocycles. The Labute approximate surface area is 119 Å². The molecule has 0 aliphatic heterocycles. The summed E-state index contributed by atoms with van der Waals surface area (Å²) >= 11 is 0. The summed E-state index contributed by atoms with van der Waals surface area (Å²) in [4.78, 5) is 16.6. The van der Waals surface area contributed by atoms with Gasteiger partial charge in [0.1, 0.15) is 0 Å². The van der Waals surface area contributed by atoms with Crippen LogP contribution in [0.25, 0.3) is 0 Å². The maximum Gasteiger partial charge on any atom is 0.193 e. The molecule has 3 nitrogen and oxygen atoms in total. The molecule has 2 rings (SSSR count). The third-order valence-electron chi connectivity index (χ3n) is 3.12. The second-order valence-corrected chi connectivity index (χ2v) is 5.37. The highest BCUT2D eigenvalue weighted by Gasteiger charge is 2.10. The fraction of sp³-hybridized carbons (Fsp3) is 0.294. The Morgan fingerprint density at radius 2 is 1.95 bits per heavy atom. The molecule has 0 amide bonds. The molecule has 0 aliphatic carbocycles. The second kappa shape index (κ2) is 6.44. The van der Waals surface area contributed by atoms with Crippen molar-refractivity contribution in [2.75, 3.05) is 0 Å². The van der Waals surface area contributed by atoms with Crippen molar-refractivity contribution in [1.82, 2.24) is 4.98 Å². The minimum Gasteiger partial charge on any atom is -0.325 e. The highest BCUT2D eigenvalue weighted by Crippen LogP contribution is 2.14. The van der Waals surface area contributed by atoms with Crippen LogP contribution in [0.5, 0.6) is 0 Å². The zero-order chi connectivity index (χ0) is 14.5. The fourth-order valence-corrected chi connectivity index (χ4v) is 2.21. The van der Waals surface area contributed by atoms with Crippen LogP contribution in [0.15, 0.2) is 42.6 Å². The molecule has 0 unspecified atom stereocenters. The number of rotatable bonds is 5. The lowest BCUT2D eigenvalue weighted by Gasteiger charge is -2.07. The van der Waals surface area contributed by atoms with Gasteiger partial charge in [-0.1, -0.05) is 32.0 Å². The summed E-state index contributed by atoms with van der Waals surface area (Å²) in [6, 6.07) is 11.3. The van der Waals surface area contributed by atoms with E-state index in [0.717, 1.165) is 17.7 Å². The maximum atomic E-state index is 12.5. The van der Waals surface area contributed by atoms with Crippen molar-refractivity contribution in [3.8, 4) is 0 Å². The van der Waals surface area contributed by atoms with Crippen LogP contribution in [0, 0.1) is 5.92 Å². The molecule has 1 aromatic heterocycles. The van der Waals surface area contributed by atoms with E-state index < -0.39 is 0 Å². The van der Waals surface area contributed by atoms with Gasteiger partial charge >= 0.3 is 0 Å². The standard InChI is InChI=1S/C17H20N2O/c1-12(2)8-13-4-3-5-14(9-13)17(20)15-6-7-19-16(10-15)11-18/h3-7,9-10,12H,8,11,18H2,1-2H3. The van der Waals surface area contributed by atoms with E-state index in [1.165, 1.54) is 5.56 Å². The van der Waals surface area contributed by atoms with Gasteiger partial charge in [-0.3, -0.25) is 9.78 Å². The van der Waals surface area contributed by atoms with E-state index in [0.29, 0.717) is 18.0 Å². The van der Waals surface area contributed by atoms with Gasteiger partial charge in [0.15, 0.2) is 5.78 Å². The molecular weight excluding hydrogens is 248 g/mol. The van der Waals surface area contributed by atoms with Gasteiger partial charge < -0.3 is 5.73 Å². The first-order chi connectivity index (χ1) is 9.60. The summed E-state index contributed by atoms with van der Waals surface area (Å²) in [5.41, 5.74) is 8.85. The Balaban J connectivity index is 2.28. The first kappa shape index (κ1) is 14.4. The van der Waals surface area contributed by atoms with Crippen molar-refractivity contribution in [2.24, 2.45) is 11.7 Å². The van der Waals surface area contributed by atoms with Gasteiger partial charge in [0, 0.05) is 23.9 Å². The average molecular weight is 268 g/mol. The molecule has 2 N–H and O–H groups in total. The summed E-state index contributed by atoms with van der Waals surface area (Å²) < 4.78 is 0. The number of aromatic nitrogens is 1. The quantitative estimate of drug-likeness (QED) is 0.848. The number of pyridine rings is 1. The van der Waals surface area contributed by atoms with Gasteiger partial charge in [-0.05, 0) is 36.1 Å². The van der Waals surface area contributed by atoms with Crippen molar-refractivity contribution in [2.45, 2.75) is 26.8 Å². The van der Waals surface area contributed by atoms with Crippen LogP contribution in [-0.2, 0) is 13.0 Å². The molecule has 1 heterocycles. The number of nitrogens with two attached hydrogens (primary N) is 1. The Hall–Kier alpha value is -2.00. The highest BCUT2D eigenvalue weighted by molar-refractivity contribution is 6.09. The normalized spacial score (nSPS) is 10.8.